The Hall–Kier alpha value is -2.75. The van der Waals surface area contributed by atoms with Crippen molar-refractivity contribution in [3.63, 3.8) is 0 Å². The van der Waals surface area contributed by atoms with Crippen LogP contribution in [0.2, 0.25) is 0 Å². The maximum Gasteiger partial charge on any atom is 0.416 e. The van der Waals surface area contributed by atoms with Gasteiger partial charge in [-0.05, 0) is 43.3 Å². The minimum absolute atomic E-state index is 0.536. The van der Waals surface area contributed by atoms with Crippen LogP contribution in [0.15, 0.2) is 36.4 Å². The van der Waals surface area contributed by atoms with E-state index in [2.05, 4.69) is 11.1 Å². The van der Waals surface area contributed by atoms with Gasteiger partial charge < -0.3 is 9.80 Å². The van der Waals surface area contributed by atoms with Crippen LogP contribution in [-0.4, -0.2) is 31.2 Å². The molecule has 0 atom stereocenters. The predicted octanol–water partition coefficient (Wildman–Crippen LogP) is 3.61. The quantitative estimate of drug-likeness (QED) is 0.833. The van der Waals surface area contributed by atoms with Gasteiger partial charge in [-0.2, -0.15) is 18.4 Å². The molecule has 1 aromatic carbocycles. The van der Waals surface area contributed by atoms with Crippen LogP contribution in [0.3, 0.4) is 0 Å². The lowest BCUT2D eigenvalue weighted by Gasteiger charge is -2.37. The molecular formula is C18H17F3N4. The molecule has 0 N–H and O–H groups in total. The smallest absolute Gasteiger partial charge is 0.368 e. The standard InChI is InChI=1S/C18H17F3N4/c1-13-2-3-14(12-22)17(23-13)25-10-8-24(9-11-25)16-6-4-15(5-7-16)18(19,20)21/h2-7H,8-11H2,1H3. The zero-order valence-electron chi connectivity index (χ0n) is 13.7. The number of nitriles is 1. The number of hydrogen-bond acceptors (Lipinski definition) is 4. The monoisotopic (exact) mass is 346 g/mol. The zero-order chi connectivity index (χ0) is 18.0. The van der Waals surface area contributed by atoms with Gasteiger partial charge in [0.15, 0.2) is 0 Å². The number of alkyl halides is 3. The molecule has 4 nitrogen and oxygen atoms in total. The second-order valence-corrected chi connectivity index (χ2v) is 5.95. The lowest BCUT2D eigenvalue weighted by atomic mass is 10.1. The van der Waals surface area contributed by atoms with E-state index in [1.165, 1.54) is 12.1 Å². The molecule has 0 radical (unpaired) electrons. The van der Waals surface area contributed by atoms with Crippen LogP contribution in [0.5, 0.6) is 0 Å². The summed E-state index contributed by atoms with van der Waals surface area (Å²) in [6.07, 6.45) is -4.32. The maximum absolute atomic E-state index is 12.7. The molecule has 1 aliphatic heterocycles. The number of benzene rings is 1. The van der Waals surface area contributed by atoms with E-state index < -0.39 is 11.7 Å². The Morgan fingerprint density at radius 2 is 1.56 bits per heavy atom. The highest BCUT2D eigenvalue weighted by Gasteiger charge is 2.30. The molecule has 1 saturated heterocycles. The Kier molecular flexibility index (Phi) is 4.53. The number of hydrogen-bond donors (Lipinski definition) is 0. The number of pyridine rings is 1. The molecule has 0 spiro atoms. The van der Waals surface area contributed by atoms with E-state index in [4.69, 9.17) is 0 Å². The third-order valence-corrected chi connectivity index (χ3v) is 4.27. The summed E-state index contributed by atoms with van der Waals surface area (Å²) in [5, 5.41) is 9.24. The molecule has 1 fully saturated rings. The van der Waals surface area contributed by atoms with E-state index >= 15 is 0 Å². The molecule has 0 bridgehead atoms. The number of aryl methyl sites for hydroxylation is 1. The first-order chi connectivity index (χ1) is 11.9. The number of piperazine rings is 1. The topological polar surface area (TPSA) is 43.2 Å². The van der Waals surface area contributed by atoms with E-state index in [0.717, 1.165) is 23.5 Å². The van der Waals surface area contributed by atoms with Gasteiger partial charge in [0.05, 0.1) is 11.1 Å². The van der Waals surface area contributed by atoms with Gasteiger partial charge in [0.1, 0.15) is 11.9 Å². The molecule has 130 valence electrons. The fourth-order valence-electron chi connectivity index (χ4n) is 2.91. The highest BCUT2D eigenvalue weighted by Crippen LogP contribution is 2.31. The van der Waals surface area contributed by atoms with Crippen molar-refractivity contribution in [2.45, 2.75) is 13.1 Å². The summed E-state index contributed by atoms with van der Waals surface area (Å²) in [5.74, 6) is 0.676. The molecule has 0 aliphatic carbocycles. The van der Waals surface area contributed by atoms with Crippen molar-refractivity contribution in [3.8, 4) is 6.07 Å². The number of aromatic nitrogens is 1. The molecule has 2 aromatic rings. The van der Waals surface area contributed by atoms with Crippen LogP contribution >= 0.6 is 0 Å². The minimum atomic E-state index is -4.32. The van der Waals surface area contributed by atoms with E-state index in [9.17, 15) is 18.4 Å². The summed E-state index contributed by atoms with van der Waals surface area (Å²) >= 11 is 0. The Labute approximate surface area is 144 Å². The molecule has 0 unspecified atom stereocenters. The molecule has 0 saturated carbocycles. The average molecular weight is 346 g/mol. The van der Waals surface area contributed by atoms with Crippen LogP contribution < -0.4 is 9.80 Å². The van der Waals surface area contributed by atoms with Gasteiger partial charge in [0, 0.05) is 37.6 Å². The Morgan fingerprint density at radius 3 is 2.12 bits per heavy atom. The lowest BCUT2D eigenvalue weighted by Crippen LogP contribution is -2.47. The van der Waals surface area contributed by atoms with Gasteiger partial charge in [-0.15, -0.1) is 0 Å². The number of nitrogens with zero attached hydrogens (tertiary/aromatic N) is 4. The second-order valence-electron chi connectivity index (χ2n) is 5.95. The maximum atomic E-state index is 12.7. The van der Waals surface area contributed by atoms with Gasteiger partial charge in [0.25, 0.3) is 0 Å². The summed E-state index contributed by atoms with van der Waals surface area (Å²) in [4.78, 5) is 8.55. The molecule has 0 amide bonds. The summed E-state index contributed by atoms with van der Waals surface area (Å²) in [6, 6.07) is 11.0. The van der Waals surface area contributed by atoms with Crippen molar-refractivity contribution in [2.24, 2.45) is 0 Å². The van der Waals surface area contributed by atoms with E-state index in [0.29, 0.717) is 37.6 Å². The van der Waals surface area contributed by atoms with Crippen molar-refractivity contribution in [1.82, 2.24) is 4.98 Å². The first-order valence-electron chi connectivity index (χ1n) is 7.93. The highest BCUT2D eigenvalue weighted by atomic mass is 19.4. The largest absolute Gasteiger partial charge is 0.416 e. The SMILES string of the molecule is Cc1ccc(C#N)c(N2CCN(c3ccc(C(F)(F)F)cc3)CC2)n1. The van der Waals surface area contributed by atoms with E-state index in [1.807, 2.05) is 16.7 Å². The van der Waals surface area contributed by atoms with Crippen molar-refractivity contribution in [1.29, 1.82) is 5.26 Å². The molecule has 25 heavy (non-hydrogen) atoms. The minimum Gasteiger partial charge on any atom is -0.368 e. The molecule has 7 heteroatoms. The number of anilines is 2. The molecule has 3 rings (SSSR count). The van der Waals surface area contributed by atoms with Crippen molar-refractivity contribution in [2.75, 3.05) is 36.0 Å². The van der Waals surface area contributed by atoms with Crippen LogP contribution in [0.4, 0.5) is 24.7 Å². The molecular weight excluding hydrogens is 329 g/mol. The first kappa shape index (κ1) is 17.1. The van der Waals surface area contributed by atoms with E-state index in [-0.39, 0.29) is 0 Å². The van der Waals surface area contributed by atoms with Gasteiger partial charge in [0.2, 0.25) is 0 Å². The highest BCUT2D eigenvalue weighted by molar-refractivity contribution is 5.56. The molecule has 1 aliphatic rings. The Morgan fingerprint density at radius 1 is 0.960 bits per heavy atom. The zero-order valence-corrected chi connectivity index (χ0v) is 13.7. The molecule has 1 aromatic heterocycles. The third kappa shape index (κ3) is 3.68. The predicted molar refractivity (Wildman–Crippen MR) is 89.6 cm³/mol. The average Bonchev–Trinajstić information content (AvgIpc) is 2.61. The van der Waals surface area contributed by atoms with Gasteiger partial charge in [-0.25, -0.2) is 4.98 Å². The lowest BCUT2D eigenvalue weighted by molar-refractivity contribution is -0.137. The van der Waals surface area contributed by atoms with Crippen molar-refractivity contribution >= 4 is 11.5 Å². The fraction of sp³-hybridized carbons (Fsp3) is 0.333. The summed E-state index contributed by atoms with van der Waals surface area (Å²) < 4.78 is 38.0. The normalized spacial score (nSPS) is 15.2. The summed E-state index contributed by atoms with van der Waals surface area (Å²) in [7, 11) is 0. The Balaban J connectivity index is 1.70. The van der Waals surface area contributed by atoms with Crippen molar-refractivity contribution < 1.29 is 13.2 Å². The fourth-order valence-corrected chi connectivity index (χ4v) is 2.91. The van der Waals surface area contributed by atoms with E-state index in [1.54, 1.807) is 12.1 Å². The Bertz CT molecular complexity index is 785. The second kappa shape index (κ2) is 6.63. The van der Waals surface area contributed by atoms with Gasteiger partial charge in [-0.1, -0.05) is 0 Å². The summed E-state index contributed by atoms with van der Waals surface area (Å²) in [5.41, 5.74) is 1.51. The van der Waals surface area contributed by atoms with Crippen molar-refractivity contribution in [3.05, 3.63) is 53.2 Å². The van der Waals surface area contributed by atoms with Gasteiger partial charge in [-0.3, -0.25) is 0 Å². The van der Waals surface area contributed by atoms with Crippen LogP contribution in [0.25, 0.3) is 0 Å². The molecule has 2 heterocycles. The number of rotatable bonds is 2. The van der Waals surface area contributed by atoms with Gasteiger partial charge >= 0.3 is 6.18 Å². The van der Waals surface area contributed by atoms with Crippen LogP contribution in [0.1, 0.15) is 16.8 Å². The number of halogens is 3. The summed E-state index contributed by atoms with van der Waals surface area (Å²) in [6.45, 7) is 4.51. The third-order valence-electron chi connectivity index (χ3n) is 4.27. The first-order valence-corrected chi connectivity index (χ1v) is 7.93. The van der Waals surface area contributed by atoms with Crippen LogP contribution in [-0.2, 0) is 6.18 Å². The van der Waals surface area contributed by atoms with Crippen LogP contribution in [0, 0.1) is 18.3 Å².